The highest BCUT2D eigenvalue weighted by Crippen LogP contribution is 2.39. The van der Waals surface area contributed by atoms with Crippen LogP contribution in [-0.2, 0) is 35.6 Å². The van der Waals surface area contributed by atoms with Crippen molar-refractivity contribution in [3.8, 4) is 45.6 Å². The number of benzene rings is 5. The third-order valence-electron chi connectivity index (χ3n) is 13.2. The lowest BCUT2D eigenvalue weighted by atomic mass is 9.94. The molecular formula is C56H56ClFN9O8S-. The molecule has 5 aromatic carbocycles. The molecule has 4 heterocycles. The lowest BCUT2D eigenvalue weighted by Crippen LogP contribution is -2.42. The summed E-state index contributed by atoms with van der Waals surface area (Å²) in [5.41, 5.74) is 5.30. The number of nitrogens with zero attached hydrogens (tertiary/aromatic N) is 7. The van der Waals surface area contributed by atoms with E-state index in [1.807, 2.05) is 68.4 Å². The maximum atomic E-state index is 14.3. The monoisotopic (exact) mass is 1070 g/mol. The number of amides is 2. The summed E-state index contributed by atoms with van der Waals surface area (Å²) in [5, 5.41) is 37.2. The van der Waals surface area contributed by atoms with Crippen molar-refractivity contribution >= 4 is 56.9 Å². The highest BCUT2D eigenvalue weighted by Gasteiger charge is 2.30. The molecule has 1 unspecified atom stereocenters. The number of likely N-dealkylation sites (tertiary alicyclic amines) is 1. The van der Waals surface area contributed by atoms with E-state index in [1.54, 1.807) is 52.8 Å². The number of carbonyl (C=O) groups is 2. The normalized spacial score (nSPS) is 13.5. The Balaban J connectivity index is 0.846. The molecule has 1 fully saturated rings. The molecule has 20 heteroatoms. The molecule has 8 aromatic rings. The van der Waals surface area contributed by atoms with Gasteiger partial charge in [0, 0.05) is 59.7 Å². The van der Waals surface area contributed by atoms with E-state index in [-0.39, 0.29) is 78.6 Å². The number of phenols is 2. The molecule has 76 heavy (non-hydrogen) atoms. The van der Waals surface area contributed by atoms with E-state index in [2.05, 4.69) is 35.7 Å². The second-order valence-electron chi connectivity index (χ2n) is 18.9. The van der Waals surface area contributed by atoms with Crippen LogP contribution in [0.15, 0.2) is 120 Å². The van der Waals surface area contributed by atoms with Gasteiger partial charge in [0.25, 0.3) is 5.91 Å². The van der Waals surface area contributed by atoms with Crippen molar-refractivity contribution < 1.29 is 42.1 Å². The minimum absolute atomic E-state index is 0.0417. The van der Waals surface area contributed by atoms with E-state index in [1.165, 1.54) is 24.5 Å². The molecule has 17 nitrogen and oxygen atoms in total. The topological polar surface area (TPSA) is 224 Å². The van der Waals surface area contributed by atoms with Crippen molar-refractivity contribution in [2.45, 2.75) is 65.6 Å². The van der Waals surface area contributed by atoms with Gasteiger partial charge in [-0.2, -0.15) is 0 Å². The summed E-state index contributed by atoms with van der Waals surface area (Å²) < 4.78 is 50.6. The number of nitrogens with one attached hydrogen (secondary N) is 2. The molecule has 9 rings (SSSR count). The van der Waals surface area contributed by atoms with Crippen LogP contribution in [0.25, 0.3) is 39.3 Å². The van der Waals surface area contributed by atoms with Gasteiger partial charge in [0.1, 0.15) is 53.3 Å². The fraction of sp³-hybridized carbons (Fsp3) is 0.286. The molecular weight excluding hydrogens is 1010 g/mol. The molecule has 0 saturated carbocycles. The van der Waals surface area contributed by atoms with Gasteiger partial charge >= 0.3 is 0 Å². The highest BCUT2D eigenvalue weighted by atomic mass is 35.5. The number of phenolic OH excluding ortho intramolecular Hbond substituents is 2. The van der Waals surface area contributed by atoms with Crippen molar-refractivity contribution in [1.82, 2.24) is 39.8 Å². The van der Waals surface area contributed by atoms with Crippen LogP contribution in [0, 0.1) is 11.7 Å². The molecule has 0 radical (unpaired) electrons. The van der Waals surface area contributed by atoms with Crippen LogP contribution in [0.1, 0.15) is 79.0 Å². The van der Waals surface area contributed by atoms with E-state index in [9.17, 15) is 33.0 Å². The van der Waals surface area contributed by atoms with Gasteiger partial charge < -0.3 is 39.5 Å². The van der Waals surface area contributed by atoms with Gasteiger partial charge in [0.2, 0.25) is 11.7 Å². The van der Waals surface area contributed by atoms with Gasteiger partial charge in [0.15, 0.2) is 5.82 Å². The first-order valence-electron chi connectivity index (χ1n) is 24.9. The smallest absolute Gasteiger partial charge is 0.289 e. The Morgan fingerprint density at radius 2 is 1.75 bits per heavy atom. The van der Waals surface area contributed by atoms with Crippen LogP contribution in [0.3, 0.4) is 0 Å². The molecule has 3 aromatic heterocycles. The molecule has 0 aliphatic carbocycles. The number of carbonyl (C=O) groups excluding carboxylic acids is 2. The van der Waals surface area contributed by atoms with Crippen LogP contribution in [-0.4, -0.2) is 97.3 Å². The van der Waals surface area contributed by atoms with E-state index < -0.39 is 17.0 Å². The number of hydrogen-bond donors (Lipinski definition) is 4. The van der Waals surface area contributed by atoms with Crippen molar-refractivity contribution in [3.63, 3.8) is 0 Å². The summed E-state index contributed by atoms with van der Waals surface area (Å²) in [6.45, 7) is 8.50. The second kappa shape index (κ2) is 23.9. The van der Waals surface area contributed by atoms with Crippen molar-refractivity contribution in [2.75, 3.05) is 37.2 Å². The van der Waals surface area contributed by atoms with Gasteiger partial charge in [-0.15, -0.1) is 10.2 Å². The SMILES string of the molecule is CCNC(=O)c1nnc(-c2cc(C(C)C)c(O)cc2O)n1-c1ccc(CN2CCC(C(=O)N(CCCS(=O)[O-])Cc3ccc(-c4ccc5ncnc(Nc6ccc(OCc7cccc(F)c7)c(Cl)c6)c5c4)o3)CC2)cc1. The Kier molecular flexibility index (Phi) is 16.7. The van der Waals surface area contributed by atoms with Crippen LogP contribution in [0.5, 0.6) is 17.2 Å². The van der Waals surface area contributed by atoms with E-state index >= 15 is 0 Å². The Bertz CT molecular complexity index is 3400. The standard InChI is InChI=1S/C56H57ClFN9O8S/c1-4-59-55(70)54-64-63-53(45-28-43(34(2)3)48(68)29-49(45)69)67(54)41-13-9-35(10-14-41)30-65-22-19-37(20-23-65)56(71)66(21-6-24-76(72)73)31-42-15-18-50(75-42)38-11-16-47-44(26-38)52(61-33-60-47)62-40-12-17-51(46(57)27-40)74-32-36-7-5-8-39(58)25-36/h5,7-18,25-29,33-34,37,68-69H,4,6,19-24,30-32H2,1-3H3,(H,59,70)(H,72,73)(H,60,61,62)/p-1. The predicted octanol–water partition coefficient (Wildman–Crippen LogP) is 10.0. The number of ether oxygens (including phenoxy) is 1. The van der Waals surface area contributed by atoms with Gasteiger partial charge in [0.05, 0.1) is 22.6 Å². The number of aromatic hydroxyl groups is 2. The molecule has 394 valence electrons. The minimum atomic E-state index is -2.26. The third kappa shape index (κ3) is 12.5. The molecule has 0 bridgehead atoms. The van der Waals surface area contributed by atoms with Gasteiger partial charge in [-0.3, -0.25) is 23.3 Å². The first kappa shape index (κ1) is 53.1. The maximum Gasteiger partial charge on any atom is 0.289 e. The number of fused-ring (bicyclic) bond motifs is 1. The predicted molar refractivity (Wildman–Crippen MR) is 287 cm³/mol. The second-order valence-corrected chi connectivity index (χ2v) is 20.3. The summed E-state index contributed by atoms with van der Waals surface area (Å²) in [6, 6.07) is 31.3. The molecule has 4 N–H and O–H groups in total. The highest BCUT2D eigenvalue weighted by molar-refractivity contribution is 7.79. The largest absolute Gasteiger partial charge is 0.772 e. The average molecular weight is 1070 g/mol. The van der Waals surface area contributed by atoms with Crippen LogP contribution in [0.4, 0.5) is 15.9 Å². The number of aromatic nitrogens is 5. The molecule has 0 spiro atoms. The first-order chi connectivity index (χ1) is 36.7. The number of rotatable bonds is 20. The zero-order valence-electron chi connectivity index (χ0n) is 42.0. The zero-order valence-corrected chi connectivity index (χ0v) is 43.6. The zero-order chi connectivity index (χ0) is 53.5. The molecule has 2 amide bonds. The van der Waals surface area contributed by atoms with Crippen LogP contribution < -0.4 is 15.4 Å². The third-order valence-corrected chi connectivity index (χ3v) is 14.1. The number of halogens is 2. The molecule has 1 aliphatic rings. The van der Waals surface area contributed by atoms with Gasteiger partial charge in [-0.1, -0.05) is 60.8 Å². The minimum Gasteiger partial charge on any atom is -0.772 e. The first-order valence-corrected chi connectivity index (χ1v) is 26.6. The fourth-order valence-corrected chi connectivity index (χ4v) is 9.91. The van der Waals surface area contributed by atoms with E-state index in [4.69, 9.17) is 20.8 Å². The lowest BCUT2D eigenvalue weighted by Gasteiger charge is -2.34. The number of hydrogen-bond acceptors (Lipinski definition) is 14. The van der Waals surface area contributed by atoms with Crippen molar-refractivity contribution in [1.29, 1.82) is 0 Å². The van der Waals surface area contributed by atoms with Gasteiger partial charge in [-0.25, -0.2) is 14.4 Å². The molecule has 1 saturated heterocycles. The number of anilines is 2. The average Bonchev–Trinajstić information content (AvgIpc) is 4.07. The fourth-order valence-electron chi connectivity index (χ4n) is 9.31. The summed E-state index contributed by atoms with van der Waals surface area (Å²) in [6.07, 6.45) is 2.95. The Morgan fingerprint density at radius 1 is 0.947 bits per heavy atom. The Morgan fingerprint density at radius 3 is 2.49 bits per heavy atom. The molecule has 1 aliphatic heterocycles. The summed E-state index contributed by atoms with van der Waals surface area (Å²) >= 11 is 4.34. The van der Waals surface area contributed by atoms with E-state index in [0.29, 0.717) is 106 Å². The summed E-state index contributed by atoms with van der Waals surface area (Å²) in [5.74, 6) is 0.868. The van der Waals surface area contributed by atoms with Crippen LogP contribution >= 0.6 is 11.6 Å². The summed E-state index contributed by atoms with van der Waals surface area (Å²) in [4.78, 5) is 40.4. The quantitative estimate of drug-likeness (QED) is 0.0522. The Labute approximate surface area is 446 Å². The number of piperidine rings is 1. The van der Waals surface area contributed by atoms with E-state index in [0.717, 1.165) is 11.1 Å². The summed E-state index contributed by atoms with van der Waals surface area (Å²) in [7, 11) is 0. The lowest BCUT2D eigenvalue weighted by molar-refractivity contribution is -0.138. The maximum absolute atomic E-state index is 14.3. The van der Waals surface area contributed by atoms with Crippen LogP contribution in [0.2, 0.25) is 5.02 Å². The number of furan rings is 1. The molecule has 1 atom stereocenters. The van der Waals surface area contributed by atoms with Gasteiger partial charge in [-0.05, 0) is 141 Å². The van der Waals surface area contributed by atoms with Crippen molar-refractivity contribution in [2.24, 2.45) is 5.92 Å². The Hall–Kier alpha value is -7.71. The van der Waals surface area contributed by atoms with Crippen molar-refractivity contribution in [3.05, 3.63) is 155 Å².